The predicted molar refractivity (Wildman–Crippen MR) is 140 cm³/mol. The van der Waals surface area contributed by atoms with Gasteiger partial charge in [-0.2, -0.15) is 0 Å². The van der Waals surface area contributed by atoms with Crippen LogP contribution >= 0.6 is 15.9 Å². The third kappa shape index (κ3) is 8.38. The molecule has 0 bridgehead atoms. The van der Waals surface area contributed by atoms with Crippen molar-refractivity contribution in [2.24, 2.45) is 5.92 Å². The maximum absolute atomic E-state index is 12.5. The molecule has 0 saturated heterocycles. The minimum atomic E-state index is -0.449. The van der Waals surface area contributed by atoms with Gasteiger partial charge in [0.05, 0.1) is 11.1 Å². The van der Waals surface area contributed by atoms with Crippen LogP contribution in [0.4, 0.5) is 5.69 Å². The number of ether oxygens (including phenoxy) is 1. The van der Waals surface area contributed by atoms with Crippen LogP contribution in [0.5, 0.6) is 5.75 Å². The molecule has 3 rings (SSSR count). The van der Waals surface area contributed by atoms with E-state index < -0.39 is 11.8 Å². The van der Waals surface area contributed by atoms with Gasteiger partial charge in [-0.25, -0.2) is 0 Å². The normalized spacial score (nSPS) is 13.7. The fraction of sp³-hybridized carbons (Fsp3) is 0.444. The largest absolute Gasteiger partial charge is 0.492 e. The monoisotopic (exact) mass is 543 g/mol. The summed E-state index contributed by atoms with van der Waals surface area (Å²) in [5.41, 5.74) is 6.26. The third-order valence-electron chi connectivity index (χ3n) is 6.13. The van der Waals surface area contributed by atoms with Gasteiger partial charge in [0.15, 0.2) is 0 Å². The number of nitrogens with one attached hydrogen (secondary N) is 3. The molecule has 2 aromatic carbocycles. The van der Waals surface area contributed by atoms with Crippen LogP contribution in [0.2, 0.25) is 0 Å². The highest BCUT2D eigenvalue weighted by Gasteiger charge is 2.21. The lowest BCUT2D eigenvalue weighted by molar-refractivity contribution is -0.120. The van der Waals surface area contributed by atoms with E-state index >= 15 is 0 Å². The van der Waals surface area contributed by atoms with Gasteiger partial charge in [0, 0.05) is 22.7 Å². The Balaban J connectivity index is 1.45. The van der Waals surface area contributed by atoms with Gasteiger partial charge in [0.1, 0.15) is 5.75 Å². The van der Waals surface area contributed by atoms with Gasteiger partial charge in [0.25, 0.3) is 11.8 Å². The van der Waals surface area contributed by atoms with E-state index in [0.29, 0.717) is 33.6 Å². The molecule has 0 atom stereocenters. The fourth-order valence-electron chi connectivity index (χ4n) is 4.04. The number of halogens is 1. The highest BCUT2D eigenvalue weighted by Crippen LogP contribution is 2.27. The highest BCUT2D eigenvalue weighted by molar-refractivity contribution is 9.10. The number of hydrazine groups is 1. The number of carbonyl (C=O) groups excluding carboxylic acids is 3. The number of hydrogen-bond donors (Lipinski definition) is 3. The Bertz CT molecular complexity index is 1000. The van der Waals surface area contributed by atoms with Crippen molar-refractivity contribution >= 4 is 39.3 Å². The molecule has 0 spiro atoms. The Morgan fingerprint density at radius 3 is 2.20 bits per heavy atom. The zero-order valence-electron chi connectivity index (χ0n) is 20.2. The van der Waals surface area contributed by atoms with Crippen molar-refractivity contribution in [3.8, 4) is 5.75 Å². The second kappa shape index (κ2) is 13.9. The summed E-state index contributed by atoms with van der Waals surface area (Å²) in [6.07, 6.45) is 9.72. The molecule has 3 N–H and O–H groups in total. The van der Waals surface area contributed by atoms with Crippen molar-refractivity contribution in [1.82, 2.24) is 10.9 Å². The van der Waals surface area contributed by atoms with E-state index in [4.69, 9.17) is 4.74 Å². The van der Waals surface area contributed by atoms with Gasteiger partial charge in [-0.3, -0.25) is 25.2 Å². The van der Waals surface area contributed by atoms with Gasteiger partial charge < -0.3 is 10.1 Å². The minimum absolute atomic E-state index is 0.0354. The van der Waals surface area contributed by atoms with Gasteiger partial charge >= 0.3 is 0 Å². The molecule has 0 aliphatic heterocycles. The first-order valence-electron chi connectivity index (χ1n) is 12.4. The molecule has 1 fully saturated rings. The second-order valence-electron chi connectivity index (χ2n) is 8.86. The Kier molecular flexibility index (Phi) is 10.6. The van der Waals surface area contributed by atoms with Crippen molar-refractivity contribution in [3.63, 3.8) is 0 Å². The Morgan fingerprint density at radius 1 is 0.886 bits per heavy atom. The molecule has 1 aliphatic carbocycles. The van der Waals surface area contributed by atoms with Crippen LogP contribution in [0.3, 0.4) is 0 Å². The third-order valence-corrected chi connectivity index (χ3v) is 6.75. The summed E-state index contributed by atoms with van der Waals surface area (Å²) < 4.78 is 6.45. The number of rotatable bonds is 10. The zero-order valence-corrected chi connectivity index (χ0v) is 21.8. The number of unbranched alkanes of at least 4 members (excludes halogenated alkanes) is 3. The van der Waals surface area contributed by atoms with E-state index in [-0.39, 0.29) is 11.8 Å². The molecule has 0 radical (unpaired) electrons. The van der Waals surface area contributed by atoms with Crippen molar-refractivity contribution in [3.05, 3.63) is 58.1 Å². The quantitative estimate of drug-likeness (QED) is 0.253. The summed E-state index contributed by atoms with van der Waals surface area (Å²) in [5, 5.41) is 2.93. The maximum atomic E-state index is 12.5. The van der Waals surface area contributed by atoms with Gasteiger partial charge in [-0.15, -0.1) is 0 Å². The van der Waals surface area contributed by atoms with Crippen LogP contribution in [-0.4, -0.2) is 24.3 Å². The van der Waals surface area contributed by atoms with Crippen molar-refractivity contribution in [2.45, 2.75) is 64.7 Å². The van der Waals surface area contributed by atoms with Crippen molar-refractivity contribution in [1.29, 1.82) is 0 Å². The van der Waals surface area contributed by atoms with Crippen molar-refractivity contribution in [2.75, 3.05) is 11.9 Å². The van der Waals surface area contributed by atoms with Crippen molar-refractivity contribution < 1.29 is 19.1 Å². The number of hydrogen-bond acceptors (Lipinski definition) is 4. The first-order valence-corrected chi connectivity index (χ1v) is 13.2. The van der Waals surface area contributed by atoms with E-state index in [9.17, 15) is 14.4 Å². The van der Waals surface area contributed by atoms with Crippen LogP contribution in [0.1, 0.15) is 85.4 Å². The predicted octanol–water partition coefficient (Wildman–Crippen LogP) is 6.00. The number of anilines is 1. The van der Waals surface area contributed by atoms with Crippen LogP contribution in [-0.2, 0) is 4.79 Å². The number of benzene rings is 2. The van der Waals surface area contributed by atoms with Crippen LogP contribution < -0.4 is 20.9 Å². The Hall–Kier alpha value is -2.87. The topological polar surface area (TPSA) is 96.5 Å². The average Bonchev–Trinajstić information content (AvgIpc) is 2.88. The maximum Gasteiger partial charge on any atom is 0.269 e. The minimum Gasteiger partial charge on any atom is -0.492 e. The summed E-state index contributed by atoms with van der Waals surface area (Å²) in [6, 6.07) is 11.7. The lowest BCUT2D eigenvalue weighted by Crippen LogP contribution is -2.41. The van der Waals surface area contributed by atoms with Gasteiger partial charge in [-0.05, 0) is 77.7 Å². The highest BCUT2D eigenvalue weighted by atomic mass is 79.9. The molecule has 188 valence electrons. The summed E-state index contributed by atoms with van der Waals surface area (Å²) in [6.45, 7) is 2.79. The average molecular weight is 544 g/mol. The van der Waals surface area contributed by atoms with Crippen LogP contribution in [0, 0.1) is 5.92 Å². The first-order chi connectivity index (χ1) is 17.0. The molecule has 7 nitrogen and oxygen atoms in total. The van der Waals surface area contributed by atoms with E-state index in [2.05, 4.69) is 39.0 Å². The standard InChI is InChI=1S/C27H34BrN3O4/c1-2-3-4-8-17-35-24-16-13-21(18-23(24)28)27(34)31-30-26(33)20-11-14-22(15-12-20)29-25(32)19-9-6-5-7-10-19/h11-16,18-19H,2-10,17H2,1H3,(H,29,32)(H,30,33)(H,31,34). The number of amides is 3. The molecule has 1 aliphatic rings. The van der Waals surface area contributed by atoms with Crippen LogP contribution in [0.15, 0.2) is 46.9 Å². The van der Waals surface area contributed by atoms with E-state index in [1.165, 1.54) is 19.3 Å². The molecule has 0 aromatic heterocycles. The first kappa shape index (κ1) is 26.7. The Morgan fingerprint density at radius 2 is 1.54 bits per heavy atom. The molecule has 1 saturated carbocycles. The van der Waals surface area contributed by atoms with E-state index in [1.807, 2.05) is 0 Å². The molecule has 8 heteroatoms. The molecule has 2 aromatic rings. The smallest absolute Gasteiger partial charge is 0.269 e. The lowest BCUT2D eigenvalue weighted by Gasteiger charge is -2.20. The summed E-state index contributed by atoms with van der Waals surface area (Å²) >= 11 is 3.44. The summed E-state index contributed by atoms with van der Waals surface area (Å²) in [7, 11) is 0. The SMILES string of the molecule is CCCCCCOc1ccc(C(=O)NNC(=O)c2ccc(NC(=O)C3CCCCC3)cc2)cc1Br. The van der Waals surface area contributed by atoms with E-state index in [0.717, 1.165) is 38.5 Å². The zero-order chi connectivity index (χ0) is 25.0. The molecule has 35 heavy (non-hydrogen) atoms. The fourth-order valence-corrected chi connectivity index (χ4v) is 4.54. The molecule has 3 amide bonds. The lowest BCUT2D eigenvalue weighted by atomic mass is 9.88. The molecular weight excluding hydrogens is 510 g/mol. The molecule has 0 unspecified atom stereocenters. The number of carbonyl (C=O) groups is 3. The molecular formula is C27H34BrN3O4. The Labute approximate surface area is 215 Å². The van der Waals surface area contributed by atoms with Gasteiger partial charge in [-0.1, -0.05) is 45.4 Å². The second-order valence-corrected chi connectivity index (χ2v) is 9.72. The van der Waals surface area contributed by atoms with E-state index in [1.54, 1.807) is 42.5 Å². The summed E-state index contributed by atoms with van der Waals surface area (Å²) in [4.78, 5) is 37.3. The summed E-state index contributed by atoms with van der Waals surface area (Å²) in [5.74, 6) is -0.112. The molecule has 0 heterocycles. The van der Waals surface area contributed by atoms with Gasteiger partial charge in [0.2, 0.25) is 5.91 Å². The van der Waals surface area contributed by atoms with Crippen LogP contribution in [0.25, 0.3) is 0 Å².